The Morgan fingerprint density at radius 3 is 2.06 bits per heavy atom. The van der Waals surface area contributed by atoms with E-state index in [0.29, 0.717) is 0 Å². The number of imide groups is 1. The van der Waals surface area contributed by atoms with Gasteiger partial charge in [0.2, 0.25) is 0 Å². The third-order valence-corrected chi connectivity index (χ3v) is 3.52. The molecule has 0 aliphatic carbocycles. The number of fused-ring (bicyclic) bond motifs is 5. The van der Waals surface area contributed by atoms with Crippen LogP contribution >= 0.6 is 0 Å². The van der Waals surface area contributed by atoms with Crippen molar-refractivity contribution in [2.75, 3.05) is 5.01 Å². The second kappa shape index (κ2) is 2.80. The first-order chi connectivity index (χ1) is 8.27. The van der Waals surface area contributed by atoms with E-state index in [1.54, 1.807) is 0 Å². The summed E-state index contributed by atoms with van der Waals surface area (Å²) in [5, 5.41) is 8.31. The lowest BCUT2D eigenvalue weighted by Crippen LogP contribution is -2.42. The van der Waals surface area contributed by atoms with E-state index in [1.165, 1.54) is 17.3 Å². The highest BCUT2D eigenvalue weighted by atomic mass is 16.5. The molecule has 1 aromatic heterocycles. The normalized spacial score (nSPS) is 38.2. The molecule has 17 heavy (non-hydrogen) atoms. The Morgan fingerprint density at radius 2 is 1.53 bits per heavy atom. The van der Waals surface area contributed by atoms with Crippen LogP contribution < -0.4 is 5.01 Å². The molecule has 3 aliphatic rings. The van der Waals surface area contributed by atoms with E-state index in [1.807, 2.05) is 12.2 Å². The average molecular weight is 232 g/mol. The Balaban J connectivity index is 1.79. The number of hydrogen-bond donors (Lipinski definition) is 0. The van der Waals surface area contributed by atoms with Gasteiger partial charge in [-0.1, -0.05) is 12.2 Å². The molecule has 0 N–H and O–H groups in total. The molecule has 1 aromatic rings. The Bertz CT molecular complexity index is 508. The van der Waals surface area contributed by atoms with E-state index < -0.39 is 0 Å². The van der Waals surface area contributed by atoms with Crippen LogP contribution in [0.2, 0.25) is 0 Å². The van der Waals surface area contributed by atoms with Crippen molar-refractivity contribution in [2.24, 2.45) is 11.8 Å². The van der Waals surface area contributed by atoms with Gasteiger partial charge in [-0.05, 0) is 0 Å². The van der Waals surface area contributed by atoms with Crippen molar-refractivity contribution in [1.82, 2.24) is 14.9 Å². The quantitative estimate of drug-likeness (QED) is 0.451. The van der Waals surface area contributed by atoms with Crippen molar-refractivity contribution in [3.63, 3.8) is 0 Å². The smallest absolute Gasteiger partial charge is 0.255 e. The van der Waals surface area contributed by atoms with Crippen molar-refractivity contribution in [1.29, 1.82) is 0 Å². The zero-order valence-electron chi connectivity index (χ0n) is 8.63. The minimum atomic E-state index is -0.389. The standard InChI is InChI=1S/C10H8N4O3/c15-9-7-5-1-2-6(17-5)8(7)10(16)14(9)13-3-11-12-4-13/h1-8H/t5-,6-,7+,8+/m1/s1. The number of ether oxygens (including phenoxy) is 1. The molecule has 4 heterocycles. The fraction of sp³-hybridized carbons (Fsp3) is 0.400. The summed E-state index contributed by atoms with van der Waals surface area (Å²) in [6.45, 7) is 0. The summed E-state index contributed by atoms with van der Waals surface area (Å²) in [7, 11) is 0. The van der Waals surface area contributed by atoms with Gasteiger partial charge in [0.15, 0.2) is 0 Å². The largest absolute Gasteiger partial charge is 0.365 e. The fourth-order valence-electron chi connectivity index (χ4n) is 2.81. The number of amides is 2. The van der Waals surface area contributed by atoms with Crippen molar-refractivity contribution in [2.45, 2.75) is 12.2 Å². The summed E-state index contributed by atoms with van der Waals surface area (Å²) in [5.41, 5.74) is 0. The van der Waals surface area contributed by atoms with Crippen LogP contribution in [-0.4, -0.2) is 38.9 Å². The third-order valence-electron chi connectivity index (χ3n) is 3.52. The second-order valence-corrected chi connectivity index (χ2v) is 4.33. The van der Waals surface area contributed by atoms with Crippen LogP contribution in [0.5, 0.6) is 0 Å². The molecule has 2 fully saturated rings. The van der Waals surface area contributed by atoms with Crippen LogP contribution in [0.1, 0.15) is 0 Å². The minimum Gasteiger partial charge on any atom is -0.365 e. The number of rotatable bonds is 1. The maximum Gasteiger partial charge on any atom is 0.255 e. The molecule has 0 aromatic carbocycles. The highest BCUT2D eigenvalue weighted by molar-refractivity contribution is 6.17. The number of hydrogen-bond acceptors (Lipinski definition) is 5. The second-order valence-electron chi connectivity index (χ2n) is 4.33. The van der Waals surface area contributed by atoms with E-state index in [9.17, 15) is 9.59 Å². The van der Waals surface area contributed by atoms with Gasteiger partial charge in [0, 0.05) is 0 Å². The Kier molecular flexibility index (Phi) is 1.49. The lowest BCUT2D eigenvalue weighted by molar-refractivity contribution is -0.127. The van der Waals surface area contributed by atoms with Crippen LogP contribution in [-0.2, 0) is 14.3 Å². The Hall–Kier alpha value is -2.02. The van der Waals surface area contributed by atoms with Gasteiger partial charge < -0.3 is 4.74 Å². The Labute approximate surface area is 95.6 Å². The molecule has 86 valence electrons. The molecule has 7 nitrogen and oxygen atoms in total. The maximum absolute atomic E-state index is 12.2. The molecule has 0 saturated carbocycles. The highest BCUT2D eigenvalue weighted by Gasteiger charge is 2.61. The fourth-order valence-corrected chi connectivity index (χ4v) is 2.81. The predicted octanol–water partition coefficient (Wildman–Crippen LogP) is -1.15. The molecule has 3 aliphatic heterocycles. The number of aromatic nitrogens is 3. The van der Waals surface area contributed by atoms with Gasteiger partial charge in [-0.15, -0.1) is 10.2 Å². The van der Waals surface area contributed by atoms with Crippen molar-refractivity contribution in [3.8, 4) is 0 Å². The monoisotopic (exact) mass is 232 g/mol. The van der Waals surface area contributed by atoms with Gasteiger partial charge in [-0.2, -0.15) is 5.01 Å². The molecule has 0 radical (unpaired) electrons. The lowest BCUT2D eigenvalue weighted by Gasteiger charge is -2.16. The Morgan fingerprint density at radius 1 is 1.00 bits per heavy atom. The summed E-state index contributed by atoms with van der Waals surface area (Å²) in [6.07, 6.45) is 5.87. The first-order valence-electron chi connectivity index (χ1n) is 5.34. The van der Waals surface area contributed by atoms with Crippen molar-refractivity contribution >= 4 is 11.8 Å². The lowest BCUT2D eigenvalue weighted by atomic mass is 9.85. The maximum atomic E-state index is 12.2. The predicted molar refractivity (Wildman–Crippen MR) is 53.0 cm³/mol. The minimum absolute atomic E-state index is 0.239. The van der Waals surface area contributed by atoms with E-state index in [-0.39, 0.29) is 35.9 Å². The van der Waals surface area contributed by atoms with Gasteiger partial charge in [-0.3, -0.25) is 9.59 Å². The topological polar surface area (TPSA) is 77.3 Å². The molecule has 2 amide bonds. The molecule has 4 rings (SSSR count). The summed E-state index contributed by atoms with van der Waals surface area (Å²) >= 11 is 0. The summed E-state index contributed by atoms with van der Waals surface area (Å²) < 4.78 is 6.85. The molecular formula is C10H8N4O3. The number of carbonyl (C=O) groups excluding carboxylic acids is 2. The summed E-state index contributed by atoms with van der Waals surface area (Å²) in [4.78, 5) is 24.4. The van der Waals surface area contributed by atoms with E-state index >= 15 is 0 Å². The van der Waals surface area contributed by atoms with Gasteiger partial charge in [-0.25, -0.2) is 4.68 Å². The van der Waals surface area contributed by atoms with Crippen LogP contribution in [0.4, 0.5) is 0 Å². The number of nitrogens with zero attached hydrogens (tertiary/aromatic N) is 4. The van der Waals surface area contributed by atoms with E-state index in [2.05, 4.69) is 10.2 Å². The molecule has 0 unspecified atom stereocenters. The summed E-state index contributed by atoms with van der Waals surface area (Å²) in [5.74, 6) is -1.26. The molecular weight excluding hydrogens is 224 g/mol. The molecule has 7 heteroatoms. The van der Waals surface area contributed by atoms with E-state index in [0.717, 1.165) is 5.01 Å². The molecule has 4 atom stereocenters. The zero-order chi connectivity index (χ0) is 11.6. The SMILES string of the molecule is O=C1[C@@H]2[C@@H](C(=O)N1n1cnnc1)[C@H]1C=C[C@H]2O1. The van der Waals surface area contributed by atoms with Crippen molar-refractivity contribution in [3.05, 3.63) is 24.8 Å². The molecule has 0 spiro atoms. The first kappa shape index (κ1) is 9.06. The summed E-state index contributed by atoms with van der Waals surface area (Å²) in [6, 6.07) is 0. The van der Waals surface area contributed by atoms with Crippen LogP contribution in [0.3, 0.4) is 0 Å². The first-order valence-corrected chi connectivity index (χ1v) is 5.34. The zero-order valence-corrected chi connectivity index (χ0v) is 8.63. The third kappa shape index (κ3) is 0.949. The highest BCUT2D eigenvalue weighted by Crippen LogP contribution is 2.44. The van der Waals surface area contributed by atoms with Gasteiger partial charge >= 0.3 is 0 Å². The van der Waals surface area contributed by atoms with Gasteiger partial charge in [0.1, 0.15) is 12.7 Å². The molecule has 2 saturated heterocycles. The van der Waals surface area contributed by atoms with Gasteiger partial charge in [0.25, 0.3) is 11.8 Å². The number of carbonyl (C=O) groups is 2. The molecule has 2 bridgehead atoms. The van der Waals surface area contributed by atoms with Crippen LogP contribution in [0, 0.1) is 11.8 Å². The van der Waals surface area contributed by atoms with Gasteiger partial charge in [0.05, 0.1) is 24.0 Å². The van der Waals surface area contributed by atoms with Crippen LogP contribution in [0.15, 0.2) is 24.8 Å². The van der Waals surface area contributed by atoms with Crippen LogP contribution in [0.25, 0.3) is 0 Å². The average Bonchev–Trinajstić information content (AvgIpc) is 3.03. The van der Waals surface area contributed by atoms with E-state index in [4.69, 9.17) is 4.74 Å². The van der Waals surface area contributed by atoms with Crippen molar-refractivity contribution < 1.29 is 14.3 Å².